The second-order valence-electron chi connectivity index (χ2n) is 7.31. The normalized spacial score (nSPS) is 12.3. The van der Waals surface area contributed by atoms with E-state index in [4.69, 9.17) is 4.74 Å². The summed E-state index contributed by atoms with van der Waals surface area (Å²) in [4.78, 5) is 31.2. The van der Waals surface area contributed by atoms with Gasteiger partial charge in [-0.3, -0.25) is 14.3 Å². The minimum atomic E-state index is -0.823. The van der Waals surface area contributed by atoms with Gasteiger partial charge in [0.25, 0.3) is 5.56 Å². The first-order valence-corrected chi connectivity index (χ1v) is 9.69. The number of ether oxygens (including phenoxy) is 1. The van der Waals surface area contributed by atoms with Gasteiger partial charge in [-0.1, -0.05) is 30.3 Å². The van der Waals surface area contributed by atoms with Crippen LogP contribution in [0.15, 0.2) is 58.1 Å². The first kappa shape index (κ1) is 20.5. The Bertz CT molecular complexity index is 1360. The van der Waals surface area contributed by atoms with Crippen molar-refractivity contribution in [1.29, 1.82) is 0 Å². The zero-order valence-corrected chi connectivity index (χ0v) is 17.0. The topological polar surface area (TPSA) is 102 Å². The highest BCUT2D eigenvalue weighted by Crippen LogP contribution is 2.27. The number of H-pyrrole nitrogens is 1. The molecule has 2 heterocycles. The summed E-state index contributed by atoms with van der Waals surface area (Å²) in [7, 11) is 1.61. The third-order valence-electron chi connectivity index (χ3n) is 4.89. The van der Waals surface area contributed by atoms with E-state index in [0.29, 0.717) is 11.4 Å². The van der Waals surface area contributed by atoms with E-state index in [-0.39, 0.29) is 30.1 Å². The van der Waals surface area contributed by atoms with Gasteiger partial charge in [-0.2, -0.15) is 0 Å². The lowest BCUT2D eigenvalue weighted by Gasteiger charge is -2.09. The Morgan fingerprint density at radius 3 is 2.61 bits per heavy atom. The van der Waals surface area contributed by atoms with Crippen LogP contribution in [0.2, 0.25) is 0 Å². The number of nitrogens with zero attached hydrogens (tertiary/aromatic N) is 3. The molecule has 0 aliphatic rings. The van der Waals surface area contributed by atoms with Crippen LogP contribution >= 0.6 is 0 Å². The standard InChI is InChI=1S/C22H21FN4O4/c1-13(28)11-27-20-18(21(29)25-22(27)30)26(2)19(24-20)15-8-9-17(16(23)10-15)31-12-14-6-4-3-5-7-14/h3-10,13,28H,11-12H2,1-2H3,(H,25,29,30). The molecule has 0 spiro atoms. The highest BCUT2D eigenvalue weighted by Gasteiger charge is 2.19. The average Bonchev–Trinajstić information content (AvgIpc) is 3.08. The number of aromatic nitrogens is 4. The van der Waals surface area contributed by atoms with Crippen molar-refractivity contribution in [1.82, 2.24) is 19.1 Å². The Morgan fingerprint density at radius 1 is 1.19 bits per heavy atom. The molecule has 4 rings (SSSR count). The smallest absolute Gasteiger partial charge is 0.330 e. The predicted molar refractivity (Wildman–Crippen MR) is 113 cm³/mol. The molecule has 9 heteroatoms. The zero-order chi connectivity index (χ0) is 22.1. The molecule has 160 valence electrons. The summed E-state index contributed by atoms with van der Waals surface area (Å²) in [6.45, 7) is 1.71. The SMILES string of the molecule is CC(O)Cn1c(=O)[nH]c(=O)c2c1nc(-c1ccc(OCc3ccccc3)c(F)c1)n2C. The third-order valence-corrected chi connectivity index (χ3v) is 4.89. The van der Waals surface area contributed by atoms with Gasteiger partial charge < -0.3 is 14.4 Å². The number of imidazole rings is 1. The first-order valence-electron chi connectivity index (χ1n) is 9.69. The summed E-state index contributed by atoms with van der Waals surface area (Å²) < 4.78 is 23.0. The van der Waals surface area contributed by atoms with E-state index >= 15 is 0 Å². The molecule has 1 unspecified atom stereocenters. The van der Waals surface area contributed by atoms with Crippen molar-refractivity contribution in [2.24, 2.45) is 7.05 Å². The fourth-order valence-electron chi connectivity index (χ4n) is 3.43. The van der Waals surface area contributed by atoms with Crippen LogP contribution in [0.5, 0.6) is 5.75 Å². The van der Waals surface area contributed by atoms with Crippen LogP contribution in [-0.2, 0) is 20.2 Å². The molecule has 0 saturated carbocycles. The summed E-state index contributed by atoms with van der Waals surface area (Å²) in [5, 5.41) is 9.70. The molecular formula is C22H21FN4O4. The van der Waals surface area contributed by atoms with Crippen molar-refractivity contribution in [2.75, 3.05) is 0 Å². The van der Waals surface area contributed by atoms with Gasteiger partial charge in [0.15, 0.2) is 22.7 Å². The highest BCUT2D eigenvalue weighted by molar-refractivity contribution is 5.77. The van der Waals surface area contributed by atoms with Crippen molar-refractivity contribution >= 4 is 11.2 Å². The lowest BCUT2D eigenvalue weighted by molar-refractivity contribution is 0.173. The molecule has 0 amide bonds. The van der Waals surface area contributed by atoms with Crippen LogP contribution in [0, 0.1) is 5.82 Å². The van der Waals surface area contributed by atoms with E-state index in [9.17, 15) is 19.1 Å². The maximum absolute atomic E-state index is 14.7. The Labute approximate surface area is 176 Å². The number of halogens is 1. The van der Waals surface area contributed by atoms with Gasteiger partial charge in [-0.25, -0.2) is 14.2 Å². The highest BCUT2D eigenvalue weighted by atomic mass is 19.1. The number of rotatable bonds is 6. The van der Waals surface area contributed by atoms with Gasteiger partial charge in [0.2, 0.25) is 0 Å². The molecular weight excluding hydrogens is 403 g/mol. The number of aromatic amines is 1. The lowest BCUT2D eigenvalue weighted by atomic mass is 10.2. The largest absolute Gasteiger partial charge is 0.486 e. The van der Waals surface area contributed by atoms with Gasteiger partial charge in [0, 0.05) is 12.6 Å². The third kappa shape index (κ3) is 3.99. The van der Waals surface area contributed by atoms with Crippen LogP contribution in [0.3, 0.4) is 0 Å². The number of benzene rings is 2. The molecule has 0 bridgehead atoms. The van der Waals surface area contributed by atoms with Crippen molar-refractivity contribution in [3.05, 3.63) is 80.7 Å². The summed E-state index contributed by atoms with van der Waals surface area (Å²) in [5.74, 6) is -0.176. The van der Waals surface area contributed by atoms with Crippen molar-refractivity contribution in [2.45, 2.75) is 26.2 Å². The minimum absolute atomic E-state index is 0.0385. The van der Waals surface area contributed by atoms with Gasteiger partial charge in [0.1, 0.15) is 12.4 Å². The van der Waals surface area contributed by atoms with Crippen molar-refractivity contribution < 1.29 is 14.2 Å². The number of fused-ring (bicyclic) bond motifs is 1. The number of hydrogen-bond acceptors (Lipinski definition) is 5. The summed E-state index contributed by atoms with van der Waals surface area (Å²) in [6.07, 6.45) is -0.823. The molecule has 0 saturated heterocycles. The second kappa shape index (κ2) is 8.19. The van der Waals surface area contributed by atoms with E-state index < -0.39 is 23.2 Å². The molecule has 2 aromatic carbocycles. The van der Waals surface area contributed by atoms with Crippen LogP contribution < -0.4 is 16.0 Å². The maximum Gasteiger partial charge on any atom is 0.330 e. The maximum atomic E-state index is 14.7. The van der Waals surface area contributed by atoms with E-state index in [0.717, 1.165) is 5.56 Å². The molecule has 0 aliphatic heterocycles. The molecule has 0 aliphatic carbocycles. The van der Waals surface area contributed by atoms with Gasteiger partial charge in [-0.15, -0.1) is 0 Å². The molecule has 2 aromatic heterocycles. The Morgan fingerprint density at radius 2 is 1.94 bits per heavy atom. The lowest BCUT2D eigenvalue weighted by Crippen LogP contribution is -2.33. The number of nitrogens with one attached hydrogen (secondary N) is 1. The number of aryl methyl sites for hydroxylation is 1. The van der Waals surface area contributed by atoms with E-state index in [1.165, 1.54) is 28.2 Å². The summed E-state index contributed by atoms with van der Waals surface area (Å²) >= 11 is 0. The molecule has 4 aromatic rings. The average molecular weight is 424 g/mol. The van der Waals surface area contributed by atoms with Gasteiger partial charge in [-0.05, 0) is 30.7 Å². The van der Waals surface area contributed by atoms with E-state index in [2.05, 4.69) is 9.97 Å². The number of hydrogen-bond donors (Lipinski definition) is 2. The van der Waals surface area contributed by atoms with E-state index in [1.807, 2.05) is 30.3 Å². The number of aliphatic hydroxyl groups is 1. The summed E-state index contributed by atoms with van der Waals surface area (Å²) in [6, 6.07) is 13.8. The molecule has 8 nitrogen and oxygen atoms in total. The van der Waals surface area contributed by atoms with Crippen LogP contribution in [0.1, 0.15) is 12.5 Å². The Hall–Kier alpha value is -3.72. The van der Waals surface area contributed by atoms with Gasteiger partial charge in [0.05, 0.1) is 12.6 Å². The van der Waals surface area contributed by atoms with Crippen LogP contribution in [0.4, 0.5) is 4.39 Å². The molecule has 31 heavy (non-hydrogen) atoms. The van der Waals surface area contributed by atoms with Gasteiger partial charge >= 0.3 is 5.69 Å². The molecule has 1 atom stereocenters. The van der Waals surface area contributed by atoms with Crippen LogP contribution in [-0.4, -0.2) is 30.3 Å². The van der Waals surface area contributed by atoms with Crippen molar-refractivity contribution in [3.63, 3.8) is 0 Å². The monoisotopic (exact) mass is 424 g/mol. The molecule has 0 fully saturated rings. The summed E-state index contributed by atoms with van der Waals surface area (Å²) in [5.41, 5.74) is 0.331. The fourth-order valence-corrected chi connectivity index (χ4v) is 3.43. The fraction of sp³-hybridized carbons (Fsp3) is 0.227. The van der Waals surface area contributed by atoms with Crippen LogP contribution in [0.25, 0.3) is 22.6 Å². The van der Waals surface area contributed by atoms with Crippen molar-refractivity contribution in [3.8, 4) is 17.1 Å². The second-order valence-corrected chi connectivity index (χ2v) is 7.31. The Kier molecular flexibility index (Phi) is 5.43. The first-order chi connectivity index (χ1) is 14.8. The number of aliphatic hydroxyl groups excluding tert-OH is 1. The minimum Gasteiger partial charge on any atom is -0.486 e. The molecule has 2 N–H and O–H groups in total. The quantitative estimate of drug-likeness (QED) is 0.494. The zero-order valence-electron chi connectivity index (χ0n) is 17.0. The predicted octanol–water partition coefficient (Wildman–Crippen LogP) is 2.19. The molecule has 0 radical (unpaired) electrons. The Balaban J connectivity index is 1.72. The van der Waals surface area contributed by atoms with E-state index in [1.54, 1.807) is 13.1 Å².